The van der Waals surface area contributed by atoms with Crippen molar-refractivity contribution in [2.75, 3.05) is 7.11 Å². The number of rotatable bonds is 4. The van der Waals surface area contributed by atoms with Gasteiger partial charge in [0.1, 0.15) is 11.4 Å². The molecule has 1 aromatic heterocycles. The van der Waals surface area contributed by atoms with Crippen LogP contribution in [0, 0.1) is 0 Å². The molecule has 0 aliphatic rings. The van der Waals surface area contributed by atoms with Gasteiger partial charge in [-0.1, -0.05) is 0 Å². The van der Waals surface area contributed by atoms with Crippen LogP contribution in [-0.4, -0.2) is 30.7 Å². The van der Waals surface area contributed by atoms with E-state index in [-0.39, 0.29) is 0 Å². The van der Waals surface area contributed by atoms with Crippen LogP contribution in [0.5, 0.6) is 0 Å². The van der Waals surface area contributed by atoms with Crippen LogP contribution in [0.4, 0.5) is 0 Å². The molecule has 6 nitrogen and oxygen atoms in total. The van der Waals surface area contributed by atoms with E-state index in [0.29, 0.717) is 5.82 Å². The van der Waals surface area contributed by atoms with E-state index in [1.165, 1.54) is 26.4 Å². The van der Waals surface area contributed by atoms with Gasteiger partial charge in [-0.25, -0.2) is 23.5 Å². The van der Waals surface area contributed by atoms with Crippen molar-refractivity contribution >= 4 is 10.0 Å². The summed E-state index contributed by atoms with van der Waals surface area (Å²) < 4.78 is 27.3. The Labute approximate surface area is 88.5 Å². The quantitative estimate of drug-likeness (QED) is 0.777. The van der Waals surface area contributed by atoms with Gasteiger partial charge in [0.25, 0.3) is 0 Å². The van der Waals surface area contributed by atoms with Crippen molar-refractivity contribution in [2.24, 2.45) is 5.14 Å². The van der Waals surface area contributed by atoms with Gasteiger partial charge in [-0.15, -0.1) is 0 Å². The summed E-state index contributed by atoms with van der Waals surface area (Å²) in [5.74, 6) is 0.307. The predicted octanol–water partition coefficient (Wildman–Crippen LogP) is -0.159. The zero-order valence-electron chi connectivity index (χ0n) is 8.49. The second-order valence-electron chi connectivity index (χ2n) is 3.06. The Balaban J connectivity index is 3.01. The Morgan fingerprint density at radius 1 is 1.40 bits per heavy atom. The van der Waals surface area contributed by atoms with E-state index in [1.807, 2.05) is 0 Å². The van der Waals surface area contributed by atoms with Gasteiger partial charge < -0.3 is 4.74 Å². The van der Waals surface area contributed by atoms with Gasteiger partial charge in [0.2, 0.25) is 10.0 Å². The summed E-state index contributed by atoms with van der Waals surface area (Å²) in [6.45, 7) is 1.46. The lowest BCUT2D eigenvalue weighted by Gasteiger charge is -2.18. The van der Waals surface area contributed by atoms with Crippen LogP contribution in [0.2, 0.25) is 0 Å². The topological polar surface area (TPSA) is 95.2 Å². The largest absolute Gasteiger partial charge is 0.372 e. The first-order valence-electron chi connectivity index (χ1n) is 4.28. The van der Waals surface area contributed by atoms with Crippen LogP contribution in [0.25, 0.3) is 0 Å². The number of aromatic nitrogens is 2. The van der Waals surface area contributed by atoms with E-state index in [9.17, 15) is 8.42 Å². The Kier molecular flexibility index (Phi) is 3.72. The summed E-state index contributed by atoms with van der Waals surface area (Å²) in [5, 5.41) is 4.15. The molecule has 7 heteroatoms. The van der Waals surface area contributed by atoms with Gasteiger partial charge in [0.15, 0.2) is 5.82 Å². The Morgan fingerprint density at radius 2 is 1.93 bits per heavy atom. The zero-order valence-corrected chi connectivity index (χ0v) is 9.31. The molecule has 15 heavy (non-hydrogen) atoms. The summed E-state index contributed by atoms with van der Waals surface area (Å²) >= 11 is 0. The average molecular weight is 231 g/mol. The normalized spacial score (nSPS) is 15.9. The molecule has 1 rings (SSSR count). The number of sulfonamides is 1. The molecule has 1 aromatic rings. The third kappa shape index (κ3) is 2.95. The first-order chi connectivity index (χ1) is 6.96. The van der Waals surface area contributed by atoms with Crippen molar-refractivity contribution in [3.8, 4) is 0 Å². The molecular formula is C8H13N3O3S. The standard InChI is InChI=1S/C8H13N3O3S/c1-6(15(9,12)13)7(14-2)8-10-4-3-5-11-8/h3-7H,1-2H3,(H2,9,12,13)/t6-,7-/m0/s1. The van der Waals surface area contributed by atoms with Crippen LogP contribution < -0.4 is 5.14 Å². The minimum Gasteiger partial charge on any atom is -0.372 e. The number of methoxy groups -OCH3 is 1. The maximum Gasteiger partial charge on any atom is 0.214 e. The zero-order chi connectivity index (χ0) is 11.5. The molecule has 0 radical (unpaired) electrons. The summed E-state index contributed by atoms with van der Waals surface area (Å²) in [6.07, 6.45) is 2.29. The Bertz CT molecular complexity index is 406. The monoisotopic (exact) mass is 231 g/mol. The third-order valence-corrected chi connectivity index (χ3v) is 3.32. The summed E-state index contributed by atoms with van der Waals surface area (Å²) in [6, 6.07) is 1.64. The van der Waals surface area contributed by atoms with Crippen LogP contribution in [0.3, 0.4) is 0 Å². The highest BCUT2D eigenvalue weighted by atomic mass is 32.2. The molecule has 0 fully saturated rings. The number of hydrogen-bond donors (Lipinski definition) is 1. The number of primary sulfonamides is 1. The first-order valence-corrected chi connectivity index (χ1v) is 5.89. The molecule has 2 N–H and O–H groups in total. The molecule has 0 aliphatic heterocycles. The van der Waals surface area contributed by atoms with Crippen LogP contribution >= 0.6 is 0 Å². The molecule has 0 aliphatic carbocycles. The van der Waals surface area contributed by atoms with E-state index in [2.05, 4.69) is 9.97 Å². The first kappa shape index (κ1) is 12.0. The molecular weight excluding hydrogens is 218 g/mol. The van der Waals surface area contributed by atoms with Crippen molar-refractivity contribution in [1.82, 2.24) is 9.97 Å². The van der Waals surface area contributed by atoms with Gasteiger partial charge in [0.05, 0.1) is 0 Å². The van der Waals surface area contributed by atoms with Crippen LogP contribution in [0.1, 0.15) is 18.9 Å². The van der Waals surface area contributed by atoms with Gasteiger partial charge in [-0.05, 0) is 13.0 Å². The smallest absolute Gasteiger partial charge is 0.214 e. The SMILES string of the molecule is CO[C@H](c1ncccn1)[C@H](C)S(N)(=O)=O. The van der Waals surface area contributed by atoms with Crippen molar-refractivity contribution in [2.45, 2.75) is 18.3 Å². The second kappa shape index (κ2) is 4.65. The molecule has 0 bridgehead atoms. The molecule has 0 amide bonds. The second-order valence-corrected chi connectivity index (χ2v) is 4.98. The highest BCUT2D eigenvalue weighted by Gasteiger charge is 2.29. The van der Waals surface area contributed by atoms with Gasteiger partial charge >= 0.3 is 0 Å². The highest BCUT2D eigenvalue weighted by Crippen LogP contribution is 2.20. The van der Waals surface area contributed by atoms with E-state index < -0.39 is 21.4 Å². The molecule has 2 atom stereocenters. The number of nitrogens with two attached hydrogens (primary N) is 1. The van der Waals surface area contributed by atoms with Crippen LogP contribution in [-0.2, 0) is 14.8 Å². The molecule has 0 saturated heterocycles. The van der Waals surface area contributed by atoms with Gasteiger partial charge in [-0.3, -0.25) is 0 Å². The Morgan fingerprint density at radius 3 is 2.33 bits per heavy atom. The van der Waals surface area contributed by atoms with E-state index in [0.717, 1.165) is 0 Å². The Hall–Kier alpha value is -1.05. The molecule has 0 spiro atoms. The van der Waals surface area contributed by atoms with Gasteiger partial charge in [0, 0.05) is 19.5 Å². The lowest BCUT2D eigenvalue weighted by atomic mass is 10.2. The minimum atomic E-state index is -3.67. The van der Waals surface area contributed by atoms with E-state index in [4.69, 9.17) is 9.88 Å². The summed E-state index contributed by atoms with van der Waals surface area (Å²) in [5.41, 5.74) is 0. The fourth-order valence-electron chi connectivity index (χ4n) is 1.14. The third-order valence-electron chi connectivity index (χ3n) is 2.04. The molecule has 0 saturated carbocycles. The summed E-state index contributed by atoms with van der Waals surface area (Å²) in [4.78, 5) is 7.86. The maximum absolute atomic E-state index is 11.1. The van der Waals surface area contributed by atoms with Crippen molar-refractivity contribution in [1.29, 1.82) is 0 Å². The number of nitrogens with zero attached hydrogens (tertiary/aromatic N) is 2. The molecule has 0 unspecified atom stereocenters. The minimum absolute atomic E-state index is 0.307. The fraction of sp³-hybridized carbons (Fsp3) is 0.500. The molecule has 0 aromatic carbocycles. The molecule has 1 heterocycles. The number of ether oxygens (including phenoxy) is 1. The molecule has 84 valence electrons. The van der Waals surface area contributed by atoms with Crippen LogP contribution in [0.15, 0.2) is 18.5 Å². The predicted molar refractivity (Wildman–Crippen MR) is 54.4 cm³/mol. The van der Waals surface area contributed by atoms with E-state index in [1.54, 1.807) is 6.07 Å². The van der Waals surface area contributed by atoms with E-state index >= 15 is 0 Å². The van der Waals surface area contributed by atoms with Crippen molar-refractivity contribution in [3.05, 3.63) is 24.3 Å². The van der Waals surface area contributed by atoms with Crippen molar-refractivity contribution < 1.29 is 13.2 Å². The van der Waals surface area contributed by atoms with Crippen molar-refractivity contribution in [3.63, 3.8) is 0 Å². The lowest BCUT2D eigenvalue weighted by Crippen LogP contribution is -2.33. The maximum atomic E-state index is 11.1. The number of hydrogen-bond acceptors (Lipinski definition) is 5. The fourth-order valence-corrected chi connectivity index (χ4v) is 1.71. The lowest BCUT2D eigenvalue weighted by molar-refractivity contribution is 0.0948. The van der Waals surface area contributed by atoms with Gasteiger partial charge in [-0.2, -0.15) is 0 Å². The average Bonchev–Trinajstić information content (AvgIpc) is 2.19. The summed E-state index contributed by atoms with van der Waals surface area (Å²) in [7, 11) is -2.28. The highest BCUT2D eigenvalue weighted by molar-refractivity contribution is 7.89.